The van der Waals surface area contributed by atoms with E-state index >= 15 is 0 Å². The molecule has 0 bridgehead atoms. The zero-order valence-corrected chi connectivity index (χ0v) is 55.3. The van der Waals surface area contributed by atoms with Crippen molar-refractivity contribution < 1.29 is 81.8 Å². The van der Waals surface area contributed by atoms with Gasteiger partial charge in [0.05, 0.1) is 64.2 Å². The molecule has 3 saturated heterocycles. The zero-order valence-electron chi connectivity index (χ0n) is 54.5. The van der Waals surface area contributed by atoms with Gasteiger partial charge in [-0.1, -0.05) is 42.3 Å². The highest BCUT2D eigenvalue weighted by Gasteiger charge is 2.47. The van der Waals surface area contributed by atoms with Crippen molar-refractivity contribution in [2.75, 3.05) is 149 Å². The summed E-state index contributed by atoms with van der Waals surface area (Å²) < 4.78 is 39.7. The summed E-state index contributed by atoms with van der Waals surface area (Å²) in [6.45, 7) is 7.86. The van der Waals surface area contributed by atoms with Gasteiger partial charge in [0.1, 0.15) is 23.9 Å². The number of hydrogen-bond donors (Lipinski definition) is 8. The van der Waals surface area contributed by atoms with Crippen LogP contribution in [0.5, 0.6) is 5.75 Å². The number of carboxylic acid groups (broad SMARTS) is 3. The lowest BCUT2D eigenvalue weighted by Gasteiger charge is -2.33. The number of piperidine rings is 1. The van der Waals surface area contributed by atoms with Crippen LogP contribution < -0.4 is 26.0 Å². The van der Waals surface area contributed by atoms with Crippen molar-refractivity contribution in [1.82, 2.24) is 50.7 Å². The number of aliphatic hydroxyl groups is 1. The molecule has 0 aromatic heterocycles. The number of rotatable bonds is 37. The van der Waals surface area contributed by atoms with E-state index in [-0.39, 0.29) is 134 Å². The van der Waals surface area contributed by atoms with E-state index in [2.05, 4.69) is 33.0 Å². The van der Waals surface area contributed by atoms with Crippen LogP contribution in [-0.2, 0) is 54.3 Å². The van der Waals surface area contributed by atoms with Crippen LogP contribution in [0.3, 0.4) is 0 Å². The number of aliphatic carboxylic acids is 3. The molecule has 2 aromatic carbocycles. The van der Waals surface area contributed by atoms with Crippen molar-refractivity contribution in [3.8, 4) is 11.8 Å². The van der Waals surface area contributed by atoms with Crippen molar-refractivity contribution in [3.63, 3.8) is 0 Å². The summed E-state index contributed by atoms with van der Waals surface area (Å²) in [5.41, 5.74) is 3.21. The summed E-state index contributed by atoms with van der Waals surface area (Å²) in [5, 5.41) is 60.0. The maximum Gasteiger partial charge on any atom is 0.317 e. The summed E-state index contributed by atoms with van der Waals surface area (Å²) in [4.78, 5) is 128. The van der Waals surface area contributed by atoms with E-state index in [1.54, 1.807) is 55.7 Å². The third-order valence-corrected chi connectivity index (χ3v) is 17.6. The smallest absolute Gasteiger partial charge is 0.317 e. The highest BCUT2D eigenvalue weighted by atomic mass is 32.2. The van der Waals surface area contributed by atoms with E-state index in [9.17, 15) is 77.6 Å². The Labute approximate surface area is 557 Å². The summed E-state index contributed by atoms with van der Waals surface area (Å²) in [6, 6.07) is 12.4. The van der Waals surface area contributed by atoms with E-state index in [1.807, 2.05) is 31.2 Å². The fraction of sp³-hybridized carbons (Fsp3) is 0.615. The first-order valence-corrected chi connectivity index (χ1v) is 33.4. The van der Waals surface area contributed by atoms with Crippen LogP contribution in [0.15, 0.2) is 53.5 Å². The number of aliphatic imine (C=N–C) groups is 1. The van der Waals surface area contributed by atoms with Crippen molar-refractivity contribution in [3.05, 3.63) is 65.2 Å². The van der Waals surface area contributed by atoms with Crippen molar-refractivity contribution >= 4 is 83.1 Å². The normalized spacial score (nSPS) is 17.9. The van der Waals surface area contributed by atoms with E-state index in [4.69, 9.17) is 9.47 Å². The molecule has 3 atom stereocenters. The lowest BCUT2D eigenvalue weighted by atomic mass is 9.91. The molecule has 524 valence electrons. The molecule has 3 aliphatic rings. The van der Waals surface area contributed by atoms with Gasteiger partial charge in [0.15, 0.2) is 0 Å². The van der Waals surface area contributed by atoms with Gasteiger partial charge in [0.25, 0.3) is 17.7 Å². The van der Waals surface area contributed by atoms with Crippen molar-refractivity contribution in [1.29, 1.82) is 5.26 Å². The Morgan fingerprint density at radius 1 is 0.779 bits per heavy atom. The van der Waals surface area contributed by atoms with E-state index < -0.39 is 85.2 Å². The monoisotopic (exact) mass is 1350 g/mol. The Morgan fingerprint density at radius 2 is 1.39 bits per heavy atom. The number of ether oxygens (including phenoxy) is 2. The average Bonchev–Trinajstić information content (AvgIpc) is 1.79. The Morgan fingerprint density at radius 3 is 1.97 bits per heavy atom. The minimum Gasteiger partial charge on any atom is -0.494 e. The molecule has 2 aromatic rings. The first-order chi connectivity index (χ1) is 45.4. The SMILES string of the molecule is C=Nc1ccc(OCCCCC2CCN(C(=O)C(O)CSCCNC(=O)C(CCOCCNC(=O)CCCc3ccc(C)cc3)NC(=O)CN3CCN(CC(=O)O)CCN(CC(=O)O)CCN(CC(=O)O)CC3)CC2)cc1/C(=C\C)C(=O)NCC(=O)N1CC(F)(F)C[C@@H]1C#N. The number of carbonyl (C=O) groups is 9. The Balaban J connectivity index is 1.05. The number of amides is 6. The molecule has 2 unspecified atom stereocenters. The summed E-state index contributed by atoms with van der Waals surface area (Å²) in [5.74, 6) is -8.29. The van der Waals surface area contributed by atoms with E-state index in [1.165, 1.54) is 17.8 Å². The number of carbonyl (C=O) groups excluding carboxylic acids is 6. The number of nitriles is 1. The number of aliphatic hydroxyl groups excluding tert-OH is 1. The molecule has 3 aliphatic heterocycles. The zero-order chi connectivity index (χ0) is 69.3. The number of hydrogen-bond acceptors (Lipinski definition) is 19. The van der Waals surface area contributed by atoms with Crippen LogP contribution in [0, 0.1) is 24.2 Å². The van der Waals surface area contributed by atoms with E-state index in [0.717, 1.165) is 48.1 Å². The standard InChI is InChI=1S/C65H94F2N12O15S/c1-4-51(62(90)72-39-58(83)79-45-65(66,67)37-49(79)38-68)52-36-50(15-16-53(52)69-3)94-32-6-5-8-48-17-22-78(23-18-48)64(92)55(80)44-95-35-21-71-63(91)54(19-33-93-34-20-70-56(81)10-7-9-47-13-11-46(2)12-14-47)73-57(82)40-74-24-26-75(41-59(84)85)28-30-77(43-61(88)89)31-29-76(27-25-74)42-60(86)87/h4,11-16,36,48-49,54-55,80H,3,5-10,17-35,37,39-45H2,1-2H3,(H,70,81)(H,71,91)(H,72,90)(H,73,82)(H,84,85)(H,86,87)(H,88,89)/b51-4+/t49-,54?,55?/m1/s1. The second-order valence-electron chi connectivity index (χ2n) is 23.9. The average molecular weight is 1350 g/mol. The molecule has 0 spiro atoms. The Hall–Kier alpha value is -7.66. The first-order valence-electron chi connectivity index (χ1n) is 32.3. The van der Waals surface area contributed by atoms with Gasteiger partial charge in [-0.15, -0.1) is 0 Å². The molecule has 5 rings (SSSR count). The minimum atomic E-state index is -3.19. The third-order valence-electron chi connectivity index (χ3n) is 16.5. The summed E-state index contributed by atoms with van der Waals surface area (Å²) >= 11 is 1.27. The molecule has 8 N–H and O–H groups in total. The number of likely N-dealkylation sites (tertiary alicyclic amines) is 2. The minimum absolute atomic E-state index is 0.0319. The molecule has 0 aliphatic carbocycles. The molecule has 0 radical (unpaired) electrons. The molecule has 0 saturated carbocycles. The number of aryl methyl sites for hydroxylation is 2. The third kappa shape index (κ3) is 29.1. The number of unbranched alkanes of at least 4 members (excludes halogenated alkanes) is 1. The fourth-order valence-electron chi connectivity index (χ4n) is 11.3. The molecular formula is C65H94F2N12O15S. The van der Waals surface area contributed by atoms with Gasteiger partial charge in [-0.05, 0) is 95.2 Å². The number of thioether (sulfide) groups is 1. The second kappa shape index (κ2) is 41.3. The quantitative estimate of drug-likeness (QED) is 0.0273. The molecule has 95 heavy (non-hydrogen) atoms. The predicted molar refractivity (Wildman–Crippen MR) is 351 cm³/mol. The topological polar surface area (TPSA) is 357 Å². The number of carboxylic acids is 3. The molecule has 3 fully saturated rings. The van der Waals surface area contributed by atoms with Gasteiger partial charge in [-0.2, -0.15) is 17.0 Å². The lowest BCUT2D eigenvalue weighted by Crippen LogP contribution is -2.52. The van der Waals surface area contributed by atoms with Crippen LogP contribution in [0.2, 0.25) is 0 Å². The van der Waals surface area contributed by atoms with E-state index in [0.29, 0.717) is 67.6 Å². The highest BCUT2D eigenvalue weighted by molar-refractivity contribution is 7.99. The number of benzene rings is 2. The largest absolute Gasteiger partial charge is 0.494 e. The van der Waals surface area contributed by atoms with Gasteiger partial charge in [0.2, 0.25) is 23.6 Å². The molecule has 6 amide bonds. The lowest BCUT2D eigenvalue weighted by molar-refractivity contribution is -0.140. The van der Waals surface area contributed by atoms with Gasteiger partial charge in [-0.25, -0.2) is 8.78 Å². The number of halogens is 2. The van der Waals surface area contributed by atoms with Crippen molar-refractivity contribution in [2.24, 2.45) is 10.9 Å². The number of nitrogens with one attached hydrogen (secondary N) is 4. The maximum absolute atomic E-state index is 13.9. The highest BCUT2D eigenvalue weighted by Crippen LogP contribution is 2.33. The Bertz CT molecular complexity index is 2920. The van der Waals surface area contributed by atoms with Gasteiger partial charge < -0.3 is 61.0 Å². The second-order valence-corrected chi connectivity index (χ2v) is 25.1. The molecular weight excluding hydrogens is 1260 g/mol. The number of allylic oxidation sites excluding steroid dienone is 1. The van der Waals surface area contributed by atoms with Crippen LogP contribution in [0.25, 0.3) is 5.57 Å². The molecule has 3 heterocycles. The van der Waals surface area contributed by atoms with Crippen molar-refractivity contribution in [2.45, 2.75) is 102 Å². The summed E-state index contributed by atoms with van der Waals surface area (Å²) in [6.07, 6.45) is 5.22. The van der Waals surface area contributed by atoms with Crippen LogP contribution in [0.4, 0.5) is 14.5 Å². The maximum atomic E-state index is 13.9. The number of nitrogens with zero attached hydrogens (tertiary/aromatic N) is 8. The van der Waals surface area contributed by atoms with Gasteiger partial charge >= 0.3 is 17.9 Å². The first kappa shape index (κ1) is 78.0. The number of alkyl halides is 2. The van der Waals surface area contributed by atoms with Crippen LogP contribution in [-0.4, -0.2) is 283 Å². The predicted octanol–water partition coefficient (Wildman–Crippen LogP) is 2.11. The Kier molecular flexibility index (Phi) is 34.0. The summed E-state index contributed by atoms with van der Waals surface area (Å²) in [7, 11) is 0. The van der Waals surface area contributed by atoms with Crippen LogP contribution in [0.1, 0.15) is 81.4 Å². The van der Waals surface area contributed by atoms with Crippen LogP contribution >= 0.6 is 11.8 Å². The van der Waals surface area contributed by atoms with Gasteiger partial charge in [0, 0.05) is 121 Å². The fourth-order valence-corrected chi connectivity index (χ4v) is 12.1. The molecule has 27 nitrogen and oxygen atoms in total. The molecule has 30 heteroatoms. The van der Waals surface area contributed by atoms with Gasteiger partial charge in [-0.3, -0.25) is 67.7 Å².